The summed E-state index contributed by atoms with van der Waals surface area (Å²) in [6.07, 6.45) is 1.68. The van der Waals surface area contributed by atoms with Crippen LogP contribution in [-0.2, 0) is 0 Å². The van der Waals surface area contributed by atoms with Crippen molar-refractivity contribution in [2.24, 2.45) is 0 Å². The largest absolute Gasteiger partial charge is 0.219 e. The van der Waals surface area contributed by atoms with Gasteiger partial charge in [0.05, 0.1) is 5.52 Å². The van der Waals surface area contributed by atoms with Crippen LogP contribution in [0.15, 0.2) is 36.9 Å². The molecule has 13 heavy (non-hydrogen) atoms. The van der Waals surface area contributed by atoms with Crippen LogP contribution in [0.3, 0.4) is 0 Å². The summed E-state index contributed by atoms with van der Waals surface area (Å²) in [6, 6.07) is 8.73. The molecule has 0 aliphatic rings. The Morgan fingerprint density at radius 1 is 1.23 bits per heavy atom. The Balaban J connectivity index is 2.86. The van der Waals surface area contributed by atoms with E-state index in [0.29, 0.717) is 5.52 Å². The fraction of sp³-hybridized carbons (Fsp3) is 0. The molecule has 1 nitrogen and oxygen atoms in total. The van der Waals surface area contributed by atoms with Crippen molar-refractivity contribution in [3.05, 3.63) is 48.4 Å². The lowest BCUT2D eigenvalue weighted by molar-refractivity contribution is 0.589. The number of benzene rings is 1. The maximum absolute atomic E-state index is 12.8. The molecule has 0 aliphatic carbocycles. The minimum absolute atomic E-state index is 0.457. The van der Waals surface area contributed by atoms with E-state index in [0.717, 1.165) is 10.9 Å². The Bertz CT molecular complexity index is 463. The SMILES string of the molecule is C=Cc1cccc2ccc(F)nc12. The maximum Gasteiger partial charge on any atom is 0.213 e. The molecule has 0 fully saturated rings. The lowest BCUT2D eigenvalue weighted by atomic mass is 10.1. The molecule has 0 bridgehead atoms. The van der Waals surface area contributed by atoms with Crippen molar-refractivity contribution >= 4 is 17.0 Å². The highest BCUT2D eigenvalue weighted by Gasteiger charge is 1.99. The smallest absolute Gasteiger partial charge is 0.213 e. The zero-order chi connectivity index (χ0) is 9.26. The van der Waals surface area contributed by atoms with E-state index in [2.05, 4.69) is 11.6 Å². The summed E-state index contributed by atoms with van der Waals surface area (Å²) < 4.78 is 12.8. The topological polar surface area (TPSA) is 12.9 Å². The molecule has 2 heteroatoms. The van der Waals surface area contributed by atoms with E-state index < -0.39 is 5.95 Å². The molecule has 0 N–H and O–H groups in total. The Morgan fingerprint density at radius 2 is 2.08 bits per heavy atom. The van der Waals surface area contributed by atoms with Crippen LogP contribution < -0.4 is 0 Å². The van der Waals surface area contributed by atoms with Crippen LogP contribution in [0.5, 0.6) is 0 Å². The number of aromatic nitrogens is 1. The van der Waals surface area contributed by atoms with Gasteiger partial charge in [-0.3, -0.25) is 0 Å². The van der Waals surface area contributed by atoms with Gasteiger partial charge in [0.25, 0.3) is 0 Å². The molecular formula is C11H8FN. The molecule has 0 atom stereocenters. The second kappa shape index (κ2) is 2.98. The van der Waals surface area contributed by atoms with Gasteiger partial charge < -0.3 is 0 Å². The van der Waals surface area contributed by atoms with Crippen LogP contribution in [0.1, 0.15) is 5.56 Å². The van der Waals surface area contributed by atoms with Crippen LogP contribution in [0.4, 0.5) is 4.39 Å². The van der Waals surface area contributed by atoms with Crippen molar-refractivity contribution in [2.75, 3.05) is 0 Å². The number of fused-ring (bicyclic) bond motifs is 1. The van der Waals surface area contributed by atoms with E-state index in [9.17, 15) is 4.39 Å². The summed E-state index contributed by atoms with van der Waals surface area (Å²) in [6.45, 7) is 3.65. The predicted molar refractivity (Wildman–Crippen MR) is 51.8 cm³/mol. The van der Waals surface area contributed by atoms with E-state index in [1.54, 1.807) is 12.1 Å². The third-order valence-electron chi connectivity index (χ3n) is 1.94. The van der Waals surface area contributed by atoms with Gasteiger partial charge in [0.1, 0.15) is 0 Å². The second-order valence-electron chi connectivity index (χ2n) is 2.76. The van der Waals surface area contributed by atoms with Gasteiger partial charge in [0.15, 0.2) is 0 Å². The van der Waals surface area contributed by atoms with E-state index in [1.807, 2.05) is 18.2 Å². The van der Waals surface area contributed by atoms with Crippen molar-refractivity contribution in [1.82, 2.24) is 4.98 Å². The molecule has 1 aromatic heterocycles. The first-order valence-corrected chi connectivity index (χ1v) is 3.99. The Kier molecular flexibility index (Phi) is 1.81. The van der Waals surface area contributed by atoms with Gasteiger partial charge in [0.2, 0.25) is 5.95 Å². The lowest BCUT2D eigenvalue weighted by Gasteiger charge is -2.00. The summed E-state index contributed by atoms with van der Waals surface area (Å²) in [7, 11) is 0. The third-order valence-corrected chi connectivity index (χ3v) is 1.94. The highest BCUT2D eigenvalue weighted by Crippen LogP contribution is 2.17. The second-order valence-corrected chi connectivity index (χ2v) is 2.76. The van der Waals surface area contributed by atoms with Gasteiger partial charge in [0, 0.05) is 10.9 Å². The van der Waals surface area contributed by atoms with Crippen LogP contribution in [-0.4, -0.2) is 4.98 Å². The van der Waals surface area contributed by atoms with Gasteiger partial charge in [-0.15, -0.1) is 0 Å². The molecule has 0 unspecified atom stereocenters. The van der Waals surface area contributed by atoms with E-state index in [4.69, 9.17) is 0 Å². The highest BCUT2D eigenvalue weighted by molar-refractivity contribution is 5.86. The first-order valence-electron chi connectivity index (χ1n) is 3.99. The minimum atomic E-state index is -0.457. The van der Waals surface area contributed by atoms with Gasteiger partial charge in [-0.25, -0.2) is 4.98 Å². The zero-order valence-corrected chi connectivity index (χ0v) is 7.00. The highest BCUT2D eigenvalue weighted by atomic mass is 19.1. The molecule has 0 radical (unpaired) electrons. The van der Waals surface area contributed by atoms with E-state index >= 15 is 0 Å². The maximum atomic E-state index is 12.8. The molecule has 64 valence electrons. The summed E-state index contributed by atoms with van der Waals surface area (Å²) in [5.74, 6) is -0.457. The van der Waals surface area contributed by atoms with Gasteiger partial charge in [-0.2, -0.15) is 4.39 Å². The standard InChI is InChI=1S/C11H8FN/c1-2-8-4-3-5-9-6-7-10(12)13-11(8)9/h2-7H,1H2. The molecule has 2 rings (SSSR count). The number of hydrogen-bond donors (Lipinski definition) is 0. The fourth-order valence-corrected chi connectivity index (χ4v) is 1.31. The molecule has 0 saturated heterocycles. The first-order chi connectivity index (χ1) is 6.31. The quantitative estimate of drug-likeness (QED) is 0.604. The fourth-order valence-electron chi connectivity index (χ4n) is 1.31. The van der Waals surface area contributed by atoms with Crippen LogP contribution in [0.25, 0.3) is 17.0 Å². The monoisotopic (exact) mass is 173 g/mol. The average molecular weight is 173 g/mol. The van der Waals surface area contributed by atoms with Crippen molar-refractivity contribution in [3.63, 3.8) is 0 Å². The minimum Gasteiger partial charge on any atom is -0.219 e. The third kappa shape index (κ3) is 1.31. The Hall–Kier alpha value is -1.70. The summed E-state index contributed by atoms with van der Waals surface area (Å²) in [4.78, 5) is 3.81. The van der Waals surface area contributed by atoms with E-state index in [1.165, 1.54) is 6.07 Å². The number of hydrogen-bond acceptors (Lipinski definition) is 1. The molecule has 1 aromatic carbocycles. The number of para-hydroxylation sites is 1. The summed E-state index contributed by atoms with van der Waals surface area (Å²) >= 11 is 0. The van der Waals surface area contributed by atoms with Gasteiger partial charge in [-0.1, -0.05) is 30.9 Å². The van der Waals surface area contributed by atoms with Crippen molar-refractivity contribution in [3.8, 4) is 0 Å². The number of nitrogens with zero attached hydrogens (tertiary/aromatic N) is 1. The first kappa shape index (κ1) is 7.92. The molecule has 1 heterocycles. The zero-order valence-electron chi connectivity index (χ0n) is 7.00. The lowest BCUT2D eigenvalue weighted by Crippen LogP contribution is -1.86. The van der Waals surface area contributed by atoms with E-state index in [-0.39, 0.29) is 0 Å². The Labute approximate surface area is 75.5 Å². The molecule has 2 aromatic rings. The normalized spacial score (nSPS) is 10.2. The predicted octanol–water partition coefficient (Wildman–Crippen LogP) is 3.02. The average Bonchev–Trinajstić information content (AvgIpc) is 2.17. The molecular weight excluding hydrogens is 165 g/mol. The molecule has 0 aliphatic heterocycles. The van der Waals surface area contributed by atoms with Crippen molar-refractivity contribution < 1.29 is 4.39 Å². The van der Waals surface area contributed by atoms with Crippen LogP contribution >= 0.6 is 0 Å². The summed E-state index contributed by atoms with van der Waals surface area (Å²) in [5.41, 5.74) is 1.52. The molecule has 0 saturated carbocycles. The van der Waals surface area contributed by atoms with Crippen LogP contribution in [0, 0.1) is 5.95 Å². The molecule has 0 spiro atoms. The van der Waals surface area contributed by atoms with Crippen LogP contribution in [0.2, 0.25) is 0 Å². The number of pyridine rings is 1. The van der Waals surface area contributed by atoms with Gasteiger partial charge >= 0.3 is 0 Å². The molecule has 0 amide bonds. The number of halogens is 1. The Morgan fingerprint density at radius 3 is 2.85 bits per heavy atom. The number of rotatable bonds is 1. The van der Waals surface area contributed by atoms with Crippen molar-refractivity contribution in [1.29, 1.82) is 0 Å². The van der Waals surface area contributed by atoms with Crippen molar-refractivity contribution in [2.45, 2.75) is 0 Å². The summed E-state index contributed by atoms with van der Waals surface area (Å²) in [5, 5.41) is 0.929. The van der Waals surface area contributed by atoms with Gasteiger partial charge in [-0.05, 0) is 12.1 Å².